The van der Waals surface area contributed by atoms with Crippen molar-refractivity contribution in [1.29, 1.82) is 0 Å². The molecule has 4 N–H and O–H groups in total. The summed E-state index contributed by atoms with van der Waals surface area (Å²) in [7, 11) is 0. The molecule has 0 aromatic carbocycles. The molecule has 1 aliphatic rings. The van der Waals surface area contributed by atoms with E-state index in [1.54, 1.807) is 0 Å². The fourth-order valence-electron chi connectivity index (χ4n) is 1.38. The van der Waals surface area contributed by atoms with Gasteiger partial charge in [0.25, 0.3) is 0 Å². The van der Waals surface area contributed by atoms with Gasteiger partial charge >= 0.3 is 0 Å². The van der Waals surface area contributed by atoms with E-state index in [0.717, 1.165) is 24.3 Å². The summed E-state index contributed by atoms with van der Waals surface area (Å²) in [6, 6.07) is 0. The van der Waals surface area contributed by atoms with E-state index >= 15 is 0 Å². The van der Waals surface area contributed by atoms with Crippen molar-refractivity contribution in [3.05, 3.63) is 11.3 Å². The van der Waals surface area contributed by atoms with Gasteiger partial charge in [0.2, 0.25) is 0 Å². The molecule has 1 fully saturated rings. The largest absolute Gasteiger partial charge is 0.402 e. The normalized spacial score (nSPS) is 24.7. The number of hydrogen-bond donors (Lipinski definition) is 2. The van der Waals surface area contributed by atoms with Crippen molar-refractivity contribution in [1.82, 2.24) is 0 Å². The standard InChI is InChI=1S/C8H14N2/c1-6(9)7-4-2-3-5-8(7)10/h10H,2-5,9H2,1H3/p+1. The molecule has 0 atom stereocenters. The van der Waals surface area contributed by atoms with E-state index in [1.807, 2.05) is 6.92 Å². The Kier molecular flexibility index (Phi) is 2.10. The van der Waals surface area contributed by atoms with Crippen LogP contribution in [0.1, 0.15) is 32.6 Å². The molecular formula is C8H15N2+. The van der Waals surface area contributed by atoms with Crippen LogP contribution in [0.2, 0.25) is 0 Å². The van der Waals surface area contributed by atoms with E-state index in [9.17, 15) is 0 Å². The van der Waals surface area contributed by atoms with Gasteiger partial charge in [-0.3, -0.25) is 5.41 Å². The Morgan fingerprint density at radius 3 is 2.40 bits per heavy atom. The highest BCUT2D eigenvalue weighted by atomic mass is 14.6. The maximum Gasteiger partial charge on any atom is 0.177 e. The van der Waals surface area contributed by atoms with Gasteiger partial charge in [0.05, 0.1) is 0 Å². The maximum absolute atomic E-state index is 5.76. The molecule has 56 valence electrons. The topological polar surface area (TPSA) is 51.6 Å². The maximum atomic E-state index is 5.76. The first-order chi connectivity index (χ1) is 4.72. The summed E-state index contributed by atoms with van der Waals surface area (Å²) in [5.41, 5.74) is 8.74. The molecule has 0 bridgehead atoms. The molecule has 0 heterocycles. The second kappa shape index (κ2) is 2.86. The Labute approximate surface area is 61.6 Å². The number of nitrogens with two attached hydrogens (primary N) is 2. The monoisotopic (exact) mass is 139 g/mol. The van der Waals surface area contributed by atoms with Crippen LogP contribution in [-0.2, 0) is 0 Å². The highest BCUT2D eigenvalue weighted by Crippen LogP contribution is 2.19. The average Bonchev–Trinajstić information content (AvgIpc) is 1.88. The lowest BCUT2D eigenvalue weighted by atomic mass is 9.92. The molecule has 1 rings (SSSR count). The Morgan fingerprint density at radius 1 is 1.40 bits per heavy atom. The zero-order valence-corrected chi connectivity index (χ0v) is 6.48. The summed E-state index contributed by atoms with van der Waals surface area (Å²) in [4.78, 5) is 0. The SMILES string of the molecule is CC(N)=C1CCCCC1=[NH2+]. The first-order valence-corrected chi connectivity index (χ1v) is 3.78. The Balaban J connectivity index is 2.75. The van der Waals surface area contributed by atoms with Crippen LogP contribution < -0.4 is 11.1 Å². The summed E-state index contributed by atoms with van der Waals surface area (Å²) < 4.78 is 0. The Hall–Kier alpha value is -0.790. The first kappa shape index (κ1) is 7.32. The van der Waals surface area contributed by atoms with E-state index < -0.39 is 0 Å². The van der Waals surface area contributed by atoms with Crippen molar-refractivity contribution in [2.24, 2.45) is 5.73 Å². The van der Waals surface area contributed by atoms with Gasteiger partial charge in [-0.25, -0.2) is 0 Å². The van der Waals surface area contributed by atoms with E-state index in [0.29, 0.717) is 0 Å². The quantitative estimate of drug-likeness (QED) is 0.487. The lowest BCUT2D eigenvalue weighted by Crippen LogP contribution is -2.42. The van der Waals surface area contributed by atoms with Crippen molar-refractivity contribution < 1.29 is 5.41 Å². The fourth-order valence-corrected chi connectivity index (χ4v) is 1.38. The molecule has 2 heteroatoms. The third-order valence-corrected chi connectivity index (χ3v) is 1.99. The molecule has 0 aromatic rings. The minimum atomic E-state index is 0.900. The molecule has 0 amide bonds. The molecule has 0 aromatic heterocycles. The smallest absolute Gasteiger partial charge is 0.177 e. The van der Waals surface area contributed by atoms with Crippen molar-refractivity contribution >= 4 is 5.71 Å². The molecule has 2 nitrogen and oxygen atoms in total. The first-order valence-electron chi connectivity index (χ1n) is 3.78. The fraction of sp³-hybridized carbons (Fsp3) is 0.625. The summed E-state index contributed by atoms with van der Waals surface area (Å²) >= 11 is 0. The van der Waals surface area contributed by atoms with E-state index in [4.69, 9.17) is 11.1 Å². The van der Waals surface area contributed by atoms with Crippen molar-refractivity contribution in [3.8, 4) is 0 Å². The minimum absolute atomic E-state index is 0.900. The summed E-state index contributed by atoms with van der Waals surface area (Å²) in [6.45, 7) is 1.92. The molecule has 0 spiro atoms. The van der Waals surface area contributed by atoms with Gasteiger partial charge in [0.15, 0.2) is 5.71 Å². The third kappa shape index (κ3) is 1.38. The molecular weight excluding hydrogens is 124 g/mol. The number of allylic oxidation sites excluding steroid dienone is 2. The Morgan fingerprint density at radius 2 is 2.00 bits per heavy atom. The Bertz CT molecular complexity index is 176. The van der Waals surface area contributed by atoms with E-state index in [2.05, 4.69) is 0 Å². The van der Waals surface area contributed by atoms with Crippen molar-refractivity contribution in [3.63, 3.8) is 0 Å². The van der Waals surface area contributed by atoms with Crippen LogP contribution in [0.25, 0.3) is 0 Å². The number of hydrogen-bond acceptors (Lipinski definition) is 1. The van der Waals surface area contributed by atoms with Crippen LogP contribution in [0.3, 0.4) is 0 Å². The van der Waals surface area contributed by atoms with Gasteiger partial charge in [-0.1, -0.05) is 0 Å². The van der Waals surface area contributed by atoms with Crippen LogP contribution in [0.4, 0.5) is 0 Å². The summed E-state index contributed by atoms with van der Waals surface area (Å²) in [5, 5.41) is 5.76. The van der Waals surface area contributed by atoms with Gasteiger partial charge in [-0.15, -0.1) is 0 Å². The summed E-state index contributed by atoms with van der Waals surface area (Å²) in [6.07, 6.45) is 4.57. The van der Waals surface area contributed by atoms with Crippen LogP contribution >= 0.6 is 0 Å². The van der Waals surface area contributed by atoms with Gasteiger partial charge in [-0.05, 0) is 26.2 Å². The zero-order chi connectivity index (χ0) is 7.56. The molecule has 0 radical (unpaired) electrons. The molecule has 0 aliphatic heterocycles. The lowest BCUT2D eigenvalue weighted by Gasteiger charge is -2.12. The molecule has 1 saturated carbocycles. The highest BCUT2D eigenvalue weighted by Gasteiger charge is 2.16. The van der Waals surface area contributed by atoms with Crippen LogP contribution in [-0.4, -0.2) is 5.71 Å². The predicted molar refractivity (Wildman–Crippen MR) is 42.3 cm³/mol. The van der Waals surface area contributed by atoms with Gasteiger partial charge < -0.3 is 5.73 Å². The van der Waals surface area contributed by atoms with Gasteiger partial charge in [-0.2, -0.15) is 0 Å². The van der Waals surface area contributed by atoms with Crippen molar-refractivity contribution in [2.75, 3.05) is 0 Å². The second-order valence-corrected chi connectivity index (χ2v) is 2.89. The highest BCUT2D eigenvalue weighted by molar-refractivity contribution is 5.96. The molecule has 10 heavy (non-hydrogen) atoms. The van der Waals surface area contributed by atoms with E-state index in [1.165, 1.54) is 18.4 Å². The van der Waals surface area contributed by atoms with Gasteiger partial charge in [0.1, 0.15) is 0 Å². The van der Waals surface area contributed by atoms with Crippen LogP contribution in [0.5, 0.6) is 0 Å². The van der Waals surface area contributed by atoms with Crippen LogP contribution in [0.15, 0.2) is 11.3 Å². The lowest BCUT2D eigenvalue weighted by molar-refractivity contribution is -0.116. The summed E-state index contributed by atoms with van der Waals surface area (Å²) in [5.74, 6) is 0. The minimum Gasteiger partial charge on any atom is -0.402 e. The number of rotatable bonds is 0. The third-order valence-electron chi connectivity index (χ3n) is 1.99. The zero-order valence-electron chi connectivity index (χ0n) is 6.48. The predicted octanol–water partition coefficient (Wildman–Crippen LogP) is -0.00680. The van der Waals surface area contributed by atoms with Crippen LogP contribution in [0, 0.1) is 0 Å². The van der Waals surface area contributed by atoms with Gasteiger partial charge in [0, 0.05) is 17.7 Å². The molecule has 1 aliphatic carbocycles. The van der Waals surface area contributed by atoms with Crippen molar-refractivity contribution in [2.45, 2.75) is 32.6 Å². The second-order valence-electron chi connectivity index (χ2n) is 2.89. The molecule has 0 unspecified atom stereocenters. The van der Waals surface area contributed by atoms with E-state index in [-0.39, 0.29) is 0 Å². The molecule has 0 saturated heterocycles. The average molecular weight is 139 g/mol.